The Morgan fingerprint density at radius 2 is 1.62 bits per heavy atom. The maximum atomic E-state index is 4.78. The van der Waals surface area contributed by atoms with Crippen LogP contribution in [0.3, 0.4) is 0 Å². The van der Waals surface area contributed by atoms with Gasteiger partial charge in [-0.3, -0.25) is 0 Å². The summed E-state index contributed by atoms with van der Waals surface area (Å²) in [6.07, 6.45) is 1.79. The summed E-state index contributed by atoms with van der Waals surface area (Å²) in [7, 11) is 0. The Hall–Kier alpha value is -3.34. The summed E-state index contributed by atoms with van der Waals surface area (Å²) in [5, 5.41) is 15.1. The molecule has 0 N–H and O–H groups in total. The molecule has 0 atom stereocenters. The first-order valence-corrected chi connectivity index (χ1v) is 7.78. The van der Waals surface area contributed by atoms with Crippen LogP contribution >= 0.6 is 0 Å². The molecule has 3 heterocycles. The van der Waals surface area contributed by atoms with Gasteiger partial charge < -0.3 is 0 Å². The number of hydrogen-bond acceptors (Lipinski definition) is 4. The van der Waals surface area contributed by atoms with Crippen molar-refractivity contribution in [2.45, 2.75) is 6.92 Å². The van der Waals surface area contributed by atoms with E-state index >= 15 is 0 Å². The molecule has 0 unspecified atom stereocenters. The Kier molecular flexibility index (Phi) is 2.64. The van der Waals surface area contributed by atoms with Crippen LogP contribution in [0.4, 0.5) is 0 Å². The fourth-order valence-electron chi connectivity index (χ4n) is 3.22. The van der Waals surface area contributed by atoms with E-state index in [0.717, 1.165) is 44.4 Å². The molecule has 2 aromatic carbocycles. The van der Waals surface area contributed by atoms with E-state index in [9.17, 15) is 0 Å². The summed E-state index contributed by atoms with van der Waals surface area (Å²) in [5.41, 5.74) is 4.77. The lowest BCUT2D eigenvalue weighted by Gasteiger charge is -2.11. The van der Waals surface area contributed by atoms with Crippen LogP contribution < -0.4 is 0 Å². The molecule has 0 spiro atoms. The van der Waals surface area contributed by atoms with E-state index in [1.54, 1.807) is 10.7 Å². The smallest absolute Gasteiger partial charge is 0.187 e. The van der Waals surface area contributed by atoms with Gasteiger partial charge in [0, 0.05) is 10.9 Å². The van der Waals surface area contributed by atoms with Gasteiger partial charge in [0.2, 0.25) is 0 Å². The average Bonchev–Trinajstić information content (AvgIpc) is 3.01. The van der Waals surface area contributed by atoms with E-state index in [4.69, 9.17) is 4.98 Å². The van der Waals surface area contributed by atoms with Crippen molar-refractivity contribution in [2.24, 2.45) is 0 Å². The quantitative estimate of drug-likeness (QED) is 0.442. The molecule has 24 heavy (non-hydrogen) atoms. The third-order valence-electron chi connectivity index (χ3n) is 4.30. The van der Waals surface area contributed by atoms with Crippen molar-refractivity contribution in [1.29, 1.82) is 0 Å². The largest absolute Gasteiger partial charge is 0.246 e. The maximum Gasteiger partial charge on any atom is 0.187 e. The normalized spacial score (nSPS) is 11.5. The third kappa shape index (κ3) is 1.75. The molecule has 5 nitrogen and oxygen atoms in total. The second-order valence-electron chi connectivity index (χ2n) is 5.76. The number of aromatic nitrogens is 5. The number of aryl methyl sites for hydroxylation is 1. The highest BCUT2D eigenvalue weighted by Gasteiger charge is 2.16. The highest BCUT2D eigenvalue weighted by atomic mass is 15.4. The van der Waals surface area contributed by atoms with Gasteiger partial charge in [0.15, 0.2) is 11.5 Å². The highest BCUT2D eigenvalue weighted by molar-refractivity contribution is 6.13. The van der Waals surface area contributed by atoms with Gasteiger partial charge in [0.05, 0.1) is 22.6 Å². The minimum absolute atomic E-state index is 0.738. The van der Waals surface area contributed by atoms with Crippen LogP contribution in [0.2, 0.25) is 0 Å². The van der Waals surface area contributed by atoms with Crippen molar-refractivity contribution < 1.29 is 0 Å². The topological polar surface area (TPSA) is 56.0 Å². The van der Waals surface area contributed by atoms with Gasteiger partial charge >= 0.3 is 0 Å². The molecule has 0 aliphatic heterocycles. The second kappa shape index (κ2) is 4.83. The molecule has 0 saturated carbocycles. The summed E-state index contributed by atoms with van der Waals surface area (Å²) in [5.74, 6) is 0.763. The SMILES string of the molecule is Cc1nnc2c3c(-c4ccccc4)c4ccccc4nc3cnn12. The molecule has 0 amide bonds. The van der Waals surface area contributed by atoms with Crippen LogP contribution in [-0.4, -0.2) is 24.8 Å². The minimum atomic E-state index is 0.738. The molecule has 5 aromatic rings. The van der Waals surface area contributed by atoms with Gasteiger partial charge in [-0.05, 0) is 18.6 Å². The molecule has 0 aliphatic carbocycles. The molecule has 5 rings (SSSR count). The summed E-state index contributed by atoms with van der Waals surface area (Å²) in [6, 6.07) is 18.5. The van der Waals surface area contributed by atoms with E-state index in [1.807, 2.05) is 43.3 Å². The molecular weight excluding hydrogens is 298 g/mol. The van der Waals surface area contributed by atoms with Crippen LogP contribution in [-0.2, 0) is 0 Å². The van der Waals surface area contributed by atoms with E-state index in [-0.39, 0.29) is 0 Å². The predicted octanol–water partition coefficient (Wildman–Crippen LogP) is 3.80. The predicted molar refractivity (Wildman–Crippen MR) is 93.8 cm³/mol. The number of pyridine rings is 1. The zero-order valence-corrected chi connectivity index (χ0v) is 13.0. The van der Waals surface area contributed by atoms with Crippen LogP contribution in [0.1, 0.15) is 5.82 Å². The standard InChI is InChI=1S/C19H13N5/c1-12-22-23-19-18-16(11-20-24(12)19)21-15-10-6-5-9-14(15)17(18)13-7-3-2-4-8-13/h2-11H,1H3. The molecule has 0 fully saturated rings. The van der Waals surface area contributed by atoms with E-state index in [1.165, 1.54) is 0 Å². The summed E-state index contributed by atoms with van der Waals surface area (Å²) in [4.78, 5) is 4.78. The minimum Gasteiger partial charge on any atom is -0.246 e. The molecule has 114 valence electrons. The molecule has 3 aromatic heterocycles. The number of benzene rings is 2. The van der Waals surface area contributed by atoms with E-state index in [0.29, 0.717) is 0 Å². The van der Waals surface area contributed by atoms with Gasteiger partial charge in [-0.15, -0.1) is 10.2 Å². The van der Waals surface area contributed by atoms with E-state index < -0.39 is 0 Å². The number of hydrogen-bond donors (Lipinski definition) is 0. The van der Waals surface area contributed by atoms with Crippen LogP contribution in [0.15, 0.2) is 60.8 Å². The second-order valence-corrected chi connectivity index (χ2v) is 5.76. The Morgan fingerprint density at radius 3 is 2.50 bits per heavy atom. The monoisotopic (exact) mass is 311 g/mol. The number of fused-ring (bicyclic) bond motifs is 4. The highest BCUT2D eigenvalue weighted by Crippen LogP contribution is 2.35. The molecule has 0 saturated heterocycles. The molecule has 0 bridgehead atoms. The van der Waals surface area contributed by atoms with Crippen molar-refractivity contribution in [1.82, 2.24) is 24.8 Å². The summed E-state index contributed by atoms with van der Waals surface area (Å²) in [6.45, 7) is 1.90. The molecular formula is C19H13N5. The van der Waals surface area contributed by atoms with Crippen molar-refractivity contribution in [3.8, 4) is 11.1 Å². The first-order valence-electron chi connectivity index (χ1n) is 7.78. The lowest BCUT2D eigenvalue weighted by molar-refractivity contribution is 0.880. The van der Waals surface area contributed by atoms with Gasteiger partial charge in [0.1, 0.15) is 0 Å². The Labute approximate surface area is 137 Å². The van der Waals surface area contributed by atoms with Gasteiger partial charge in [-0.25, -0.2) is 4.98 Å². The van der Waals surface area contributed by atoms with Gasteiger partial charge in [-0.1, -0.05) is 48.5 Å². The Balaban J connectivity index is 2.09. The number of nitrogens with zero attached hydrogens (tertiary/aromatic N) is 5. The summed E-state index contributed by atoms with van der Waals surface area (Å²) < 4.78 is 1.77. The maximum absolute atomic E-state index is 4.78. The van der Waals surface area contributed by atoms with Crippen LogP contribution in [0.5, 0.6) is 0 Å². The van der Waals surface area contributed by atoms with Crippen molar-refractivity contribution in [3.63, 3.8) is 0 Å². The van der Waals surface area contributed by atoms with Crippen molar-refractivity contribution >= 4 is 27.5 Å². The first-order chi connectivity index (χ1) is 11.8. The molecule has 0 radical (unpaired) electrons. The zero-order valence-electron chi connectivity index (χ0n) is 13.0. The average molecular weight is 311 g/mol. The molecule has 5 heteroatoms. The Bertz CT molecular complexity index is 1210. The summed E-state index contributed by atoms with van der Waals surface area (Å²) >= 11 is 0. The fourth-order valence-corrected chi connectivity index (χ4v) is 3.22. The van der Waals surface area contributed by atoms with Gasteiger partial charge in [-0.2, -0.15) is 9.61 Å². The fraction of sp³-hybridized carbons (Fsp3) is 0.0526. The zero-order chi connectivity index (χ0) is 16.1. The third-order valence-corrected chi connectivity index (χ3v) is 4.30. The Morgan fingerprint density at radius 1 is 0.833 bits per heavy atom. The van der Waals surface area contributed by atoms with Crippen LogP contribution in [0, 0.1) is 6.92 Å². The van der Waals surface area contributed by atoms with Gasteiger partial charge in [0.25, 0.3) is 0 Å². The van der Waals surface area contributed by atoms with E-state index in [2.05, 4.69) is 33.5 Å². The first kappa shape index (κ1) is 13.1. The van der Waals surface area contributed by atoms with Crippen molar-refractivity contribution in [3.05, 3.63) is 66.6 Å². The van der Waals surface area contributed by atoms with Crippen LogP contribution in [0.25, 0.3) is 38.6 Å². The lowest BCUT2D eigenvalue weighted by atomic mass is 9.97. The van der Waals surface area contributed by atoms with Crippen molar-refractivity contribution in [2.75, 3.05) is 0 Å². The lowest BCUT2D eigenvalue weighted by Crippen LogP contribution is -1.98. The number of rotatable bonds is 1. The number of para-hydroxylation sites is 1. The molecule has 0 aliphatic rings.